The lowest BCUT2D eigenvalue weighted by molar-refractivity contribution is 0.666. The Hall–Kier alpha value is -0.0400. The Morgan fingerprint density at radius 1 is 1.83 bits per heavy atom. The van der Waals surface area contributed by atoms with Crippen molar-refractivity contribution in [1.29, 1.82) is 0 Å². The first kappa shape index (κ1) is 4.13. The average Bonchev–Trinajstić information content (AvgIpc) is 1.86. The van der Waals surface area contributed by atoms with Crippen molar-refractivity contribution in [2.24, 2.45) is 0 Å². The number of hydrogen-bond acceptors (Lipinski definition) is 1. The molecule has 1 atom stereocenters. The van der Waals surface area contributed by atoms with Crippen LogP contribution < -0.4 is 5.32 Å². The molecule has 0 aliphatic carbocycles. The van der Waals surface area contributed by atoms with Crippen molar-refractivity contribution < 1.29 is 0 Å². The van der Waals surface area contributed by atoms with Crippen molar-refractivity contribution in [3.05, 3.63) is 6.42 Å². The summed E-state index contributed by atoms with van der Waals surface area (Å²) in [5.41, 5.74) is 0. The van der Waals surface area contributed by atoms with Gasteiger partial charge < -0.3 is 5.32 Å². The largest absolute Gasteiger partial charge is 0.314 e. The molecule has 35 valence electrons. The summed E-state index contributed by atoms with van der Waals surface area (Å²) in [4.78, 5) is 0. The minimum Gasteiger partial charge on any atom is -0.314 e. The minimum absolute atomic E-state index is 0.741. The average molecular weight is 84.1 g/mol. The second kappa shape index (κ2) is 1.61. The maximum Gasteiger partial charge on any atom is 0.00420 e. The molecule has 0 aromatic rings. The standard InChI is InChI=1S/C5H10N/c1-5-3-2-4-6-5/h2,5-6H,3-4H2,1H3/t5-/m1/s1. The van der Waals surface area contributed by atoms with E-state index in [0.29, 0.717) is 0 Å². The molecule has 1 rings (SSSR count). The zero-order valence-electron chi connectivity index (χ0n) is 4.07. The Kier molecular flexibility index (Phi) is 1.10. The lowest BCUT2D eigenvalue weighted by Gasteiger charge is -1.95. The van der Waals surface area contributed by atoms with E-state index in [-0.39, 0.29) is 0 Å². The highest BCUT2D eigenvalue weighted by Gasteiger charge is 2.05. The van der Waals surface area contributed by atoms with Crippen LogP contribution in [0.5, 0.6) is 0 Å². The molecule has 6 heavy (non-hydrogen) atoms. The minimum atomic E-state index is 0.741. The van der Waals surface area contributed by atoms with Crippen molar-refractivity contribution in [3.8, 4) is 0 Å². The summed E-state index contributed by atoms with van der Waals surface area (Å²) >= 11 is 0. The van der Waals surface area contributed by atoms with Crippen molar-refractivity contribution in [2.75, 3.05) is 6.54 Å². The van der Waals surface area contributed by atoms with Crippen LogP contribution in [0.4, 0.5) is 0 Å². The molecule has 1 N–H and O–H groups in total. The molecule has 0 spiro atoms. The van der Waals surface area contributed by atoms with Gasteiger partial charge in [-0.3, -0.25) is 0 Å². The van der Waals surface area contributed by atoms with Gasteiger partial charge in [-0.1, -0.05) is 0 Å². The second-order valence-corrected chi connectivity index (χ2v) is 1.83. The van der Waals surface area contributed by atoms with Gasteiger partial charge in [0.15, 0.2) is 0 Å². The van der Waals surface area contributed by atoms with Crippen LogP contribution in [0.3, 0.4) is 0 Å². The van der Waals surface area contributed by atoms with E-state index in [1.165, 1.54) is 6.42 Å². The topological polar surface area (TPSA) is 12.0 Å². The molecule has 0 aromatic carbocycles. The molecule has 1 aliphatic heterocycles. The van der Waals surface area contributed by atoms with Gasteiger partial charge in [0, 0.05) is 6.04 Å². The predicted molar refractivity (Wildman–Crippen MR) is 26.4 cm³/mol. The van der Waals surface area contributed by atoms with E-state index < -0.39 is 0 Å². The zero-order valence-corrected chi connectivity index (χ0v) is 4.07. The van der Waals surface area contributed by atoms with Crippen molar-refractivity contribution in [1.82, 2.24) is 5.32 Å². The van der Waals surface area contributed by atoms with Gasteiger partial charge >= 0.3 is 0 Å². The SMILES string of the molecule is C[C@@H]1C[CH]CN1. The van der Waals surface area contributed by atoms with E-state index in [9.17, 15) is 0 Å². The van der Waals surface area contributed by atoms with Crippen molar-refractivity contribution >= 4 is 0 Å². The van der Waals surface area contributed by atoms with E-state index in [4.69, 9.17) is 0 Å². The summed E-state index contributed by atoms with van der Waals surface area (Å²) in [5.74, 6) is 0. The van der Waals surface area contributed by atoms with Crippen LogP contribution in [0.15, 0.2) is 0 Å². The summed E-state index contributed by atoms with van der Waals surface area (Å²) in [5, 5.41) is 3.26. The van der Waals surface area contributed by atoms with Crippen molar-refractivity contribution in [2.45, 2.75) is 19.4 Å². The molecule has 0 unspecified atom stereocenters. The van der Waals surface area contributed by atoms with Crippen LogP contribution in [-0.2, 0) is 0 Å². The number of hydrogen-bond donors (Lipinski definition) is 1. The third kappa shape index (κ3) is 0.716. The molecule has 0 bridgehead atoms. The van der Waals surface area contributed by atoms with Crippen LogP contribution in [0.1, 0.15) is 13.3 Å². The van der Waals surface area contributed by atoms with Gasteiger partial charge in [-0.2, -0.15) is 0 Å². The molecule has 1 heterocycles. The van der Waals surface area contributed by atoms with Crippen LogP contribution in [0, 0.1) is 6.42 Å². The summed E-state index contributed by atoms with van der Waals surface area (Å²) in [7, 11) is 0. The van der Waals surface area contributed by atoms with Gasteiger partial charge in [-0.25, -0.2) is 0 Å². The van der Waals surface area contributed by atoms with Gasteiger partial charge in [0.25, 0.3) is 0 Å². The molecule has 1 radical (unpaired) electrons. The highest BCUT2D eigenvalue weighted by molar-refractivity contribution is 4.83. The van der Waals surface area contributed by atoms with Gasteiger partial charge in [-0.15, -0.1) is 0 Å². The number of rotatable bonds is 0. The molecule has 0 aromatic heterocycles. The lowest BCUT2D eigenvalue weighted by atomic mass is 10.3. The normalized spacial score (nSPS) is 34.5. The Labute approximate surface area is 38.7 Å². The maximum absolute atomic E-state index is 3.26. The molecule has 0 amide bonds. The van der Waals surface area contributed by atoms with E-state index in [1.54, 1.807) is 0 Å². The van der Waals surface area contributed by atoms with Gasteiger partial charge in [0.2, 0.25) is 0 Å². The lowest BCUT2D eigenvalue weighted by Crippen LogP contribution is -2.16. The Balaban J connectivity index is 2.18. The van der Waals surface area contributed by atoms with E-state index in [0.717, 1.165) is 12.6 Å². The first-order valence-electron chi connectivity index (χ1n) is 2.44. The van der Waals surface area contributed by atoms with Gasteiger partial charge in [0.1, 0.15) is 0 Å². The summed E-state index contributed by atoms with van der Waals surface area (Å²) < 4.78 is 0. The number of nitrogens with one attached hydrogen (secondary N) is 1. The van der Waals surface area contributed by atoms with Crippen molar-refractivity contribution in [3.63, 3.8) is 0 Å². The Bertz CT molecular complexity index is 37.2. The molecular formula is C5H10N. The van der Waals surface area contributed by atoms with Gasteiger partial charge in [0.05, 0.1) is 0 Å². The molecule has 1 fully saturated rings. The first-order chi connectivity index (χ1) is 2.89. The maximum atomic E-state index is 3.26. The molecule has 1 nitrogen and oxygen atoms in total. The summed E-state index contributed by atoms with van der Waals surface area (Å²) in [6.45, 7) is 3.31. The fourth-order valence-electron chi connectivity index (χ4n) is 0.701. The van der Waals surface area contributed by atoms with Gasteiger partial charge in [-0.05, 0) is 26.3 Å². The highest BCUT2D eigenvalue weighted by Crippen LogP contribution is 2.00. The van der Waals surface area contributed by atoms with Crippen LogP contribution in [0.25, 0.3) is 0 Å². The monoisotopic (exact) mass is 84.1 g/mol. The van der Waals surface area contributed by atoms with E-state index in [2.05, 4.69) is 18.7 Å². The molecule has 1 aliphatic rings. The fraction of sp³-hybridized carbons (Fsp3) is 0.800. The van der Waals surface area contributed by atoms with Crippen LogP contribution in [0.2, 0.25) is 0 Å². The molecular weight excluding hydrogens is 74.1 g/mol. The third-order valence-corrected chi connectivity index (χ3v) is 1.13. The quantitative estimate of drug-likeness (QED) is 0.452. The summed E-state index contributed by atoms with van der Waals surface area (Å²) in [6.07, 6.45) is 3.52. The predicted octanol–water partition coefficient (Wildman–Crippen LogP) is 0.572. The Morgan fingerprint density at radius 3 is 2.83 bits per heavy atom. The summed E-state index contributed by atoms with van der Waals surface area (Å²) in [6, 6.07) is 0.741. The second-order valence-electron chi connectivity index (χ2n) is 1.83. The van der Waals surface area contributed by atoms with E-state index >= 15 is 0 Å². The third-order valence-electron chi connectivity index (χ3n) is 1.13. The molecule has 0 saturated carbocycles. The highest BCUT2D eigenvalue weighted by atomic mass is 14.9. The zero-order chi connectivity index (χ0) is 4.41. The fourth-order valence-corrected chi connectivity index (χ4v) is 0.701. The van der Waals surface area contributed by atoms with E-state index in [1.807, 2.05) is 0 Å². The molecule has 1 heteroatoms. The Morgan fingerprint density at radius 2 is 2.67 bits per heavy atom. The molecule has 1 saturated heterocycles. The first-order valence-corrected chi connectivity index (χ1v) is 2.44. The van der Waals surface area contributed by atoms with Crippen LogP contribution in [-0.4, -0.2) is 12.6 Å². The smallest absolute Gasteiger partial charge is 0.00420 e. The van der Waals surface area contributed by atoms with Crippen LogP contribution >= 0.6 is 0 Å².